The first-order valence-corrected chi connectivity index (χ1v) is 6.79. The third-order valence-electron chi connectivity index (χ3n) is 2.62. The number of aromatic nitrogens is 2. The summed E-state index contributed by atoms with van der Waals surface area (Å²) in [5, 5.41) is 4.03. The Kier molecular flexibility index (Phi) is 3.76. The molecule has 0 radical (unpaired) electrons. The summed E-state index contributed by atoms with van der Waals surface area (Å²) in [6.45, 7) is 0. The van der Waals surface area contributed by atoms with Crippen LogP contribution < -0.4 is 5.73 Å². The molecule has 18 heavy (non-hydrogen) atoms. The molecule has 0 saturated heterocycles. The van der Waals surface area contributed by atoms with E-state index in [2.05, 4.69) is 5.10 Å². The van der Waals surface area contributed by atoms with Crippen molar-refractivity contribution in [3.63, 3.8) is 0 Å². The topological polar surface area (TPSA) is 60.9 Å². The maximum Gasteiger partial charge on any atom is 0.126 e. The zero-order valence-electron chi connectivity index (χ0n) is 9.97. The van der Waals surface area contributed by atoms with Crippen LogP contribution in [0.2, 0.25) is 0 Å². The fourth-order valence-electron chi connectivity index (χ4n) is 1.68. The molecule has 2 rings (SSSR count). The maximum absolute atomic E-state index is 13.1. The second-order valence-corrected chi connectivity index (χ2v) is 5.54. The van der Waals surface area contributed by atoms with E-state index in [9.17, 15) is 8.60 Å². The van der Waals surface area contributed by atoms with Crippen molar-refractivity contribution in [2.24, 2.45) is 7.05 Å². The standard InChI is InChI=1S/C12H14FN3OS/c1-16-11(2-4-15-16)3-5-18(17)12-7-9(13)6-10(14)8-12/h2,4,6-8H,3,5,14H2,1H3. The maximum atomic E-state index is 13.1. The van der Waals surface area contributed by atoms with Gasteiger partial charge in [-0.3, -0.25) is 8.89 Å². The van der Waals surface area contributed by atoms with Crippen LogP contribution in [0.25, 0.3) is 0 Å². The lowest BCUT2D eigenvalue weighted by Crippen LogP contribution is -2.06. The van der Waals surface area contributed by atoms with Crippen LogP contribution in [0.15, 0.2) is 35.4 Å². The summed E-state index contributed by atoms with van der Waals surface area (Å²) >= 11 is 0. The molecule has 0 aliphatic rings. The van der Waals surface area contributed by atoms with Crippen LogP contribution in [0, 0.1) is 5.82 Å². The van der Waals surface area contributed by atoms with Crippen molar-refractivity contribution >= 4 is 16.5 Å². The van der Waals surface area contributed by atoms with E-state index in [1.165, 1.54) is 12.1 Å². The summed E-state index contributed by atoms with van der Waals surface area (Å²) < 4.78 is 26.9. The number of hydrogen-bond donors (Lipinski definition) is 1. The van der Waals surface area contributed by atoms with Crippen LogP contribution in [0.3, 0.4) is 0 Å². The molecule has 0 saturated carbocycles. The highest BCUT2D eigenvalue weighted by Gasteiger charge is 2.08. The van der Waals surface area contributed by atoms with Crippen LogP contribution in [-0.2, 0) is 24.3 Å². The molecule has 2 aromatic rings. The molecule has 0 spiro atoms. The minimum absolute atomic E-state index is 0.291. The van der Waals surface area contributed by atoms with Gasteiger partial charge in [-0.25, -0.2) is 4.39 Å². The molecule has 1 heterocycles. The normalized spacial score (nSPS) is 12.6. The van der Waals surface area contributed by atoms with Gasteiger partial charge in [0.2, 0.25) is 0 Å². The quantitative estimate of drug-likeness (QED) is 0.854. The Labute approximate surface area is 107 Å². The summed E-state index contributed by atoms with van der Waals surface area (Å²) in [7, 11) is 0.574. The van der Waals surface area contributed by atoms with E-state index < -0.39 is 16.6 Å². The van der Waals surface area contributed by atoms with Gasteiger partial charge in [-0.05, 0) is 24.3 Å². The molecule has 1 aromatic carbocycles. The van der Waals surface area contributed by atoms with Gasteiger partial charge >= 0.3 is 0 Å². The molecule has 0 amide bonds. The van der Waals surface area contributed by atoms with E-state index in [0.717, 1.165) is 5.69 Å². The fraction of sp³-hybridized carbons (Fsp3) is 0.250. The molecule has 0 aliphatic carbocycles. The molecular formula is C12H14FN3OS. The zero-order chi connectivity index (χ0) is 13.1. The van der Waals surface area contributed by atoms with Crippen molar-refractivity contribution in [3.05, 3.63) is 42.0 Å². The minimum atomic E-state index is -1.26. The van der Waals surface area contributed by atoms with Crippen molar-refractivity contribution in [3.8, 4) is 0 Å². The summed E-state index contributed by atoms with van der Waals surface area (Å²) in [5.74, 6) is -0.0403. The van der Waals surface area contributed by atoms with Gasteiger partial charge in [0.15, 0.2) is 0 Å². The number of nitrogens with two attached hydrogens (primary N) is 1. The first kappa shape index (κ1) is 12.8. The third kappa shape index (κ3) is 2.95. The Morgan fingerprint density at radius 3 is 2.83 bits per heavy atom. The monoisotopic (exact) mass is 267 g/mol. The number of nitrogen functional groups attached to an aromatic ring is 1. The van der Waals surface area contributed by atoms with Gasteiger partial charge in [0, 0.05) is 41.7 Å². The Hall–Kier alpha value is -1.69. The Morgan fingerprint density at radius 2 is 2.22 bits per heavy atom. The largest absolute Gasteiger partial charge is 0.399 e. The van der Waals surface area contributed by atoms with E-state index in [4.69, 9.17) is 5.73 Å². The van der Waals surface area contributed by atoms with Gasteiger partial charge in [-0.1, -0.05) is 0 Å². The van der Waals surface area contributed by atoms with Crippen molar-refractivity contribution in [1.82, 2.24) is 9.78 Å². The molecule has 0 fully saturated rings. The second-order valence-electron chi connectivity index (χ2n) is 3.97. The van der Waals surface area contributed by atoms with Crippen LogP contribution in [-0.4, -0.2) is 19.7 Å². The van der Waals surface area contributed by atoms with Crippen molar-refractivity contribution in [1.29, 1.82) is 0 Å². The number of rotatable bonds is 4. The predicted octanol–water partition coefficient (Wildman–Crippen LogP) is 1.49. The first-order valence-electron chi connectivity index (χ1n) is 5.47. The minimum Gasteiger partial charge on any atom is -0.399 e. The van der Waals surface area contributed by atoms with E-state index in [-0.39, 0.29) is 0 Å². The highest BCUT2D eigenvalue weighted by Crippen LogP contribution is 2.15. The van der Waals surface area contributed by atoms with E-state index in [0.29, 0.717) is 22.8 Å². The van der Waals surface area contributed by atoms with Gasteiger partial charge in [0.1, 0.15) is 5.82 Å². The van der Waals surface area contributed by atoms with Crippen molar-refractivity contribution in [2.45, 2.75) is 11.3 Å². The summed E-state index contributed by atoms with van der Waals surface area (Å²) in [5.41, 5.74) is 6.81. The lowest BCUT2D eigenvalue weighted by atomic mass is 10.3. The predicted molar refractivity (Wildman–Crippen MR) is 69.0 cm³/mol. The van der Waals surface area contributed by atoms with Crippen LogP contribution >= 0.6 is 0 Å². The van der Waals surface area contributed by atoms with Gasteiger partial charge in [-0.15, -0.1) is 0 Å². The Bertz CT molecular complexity index is 562. The van der Waals surface area contributed by atoms with E-state index >= 15 is 0 Å². The average molecular weight is 267 g/mol. The van der Waals surface area contributed by atoms with Crippen molar-refractivity contribution < 1.29 is 8.60 Å². The Balaban J connectivity index is 2.06. The lowest BCUT2D eigenvalue weighted by Gasteiger charge is -2.04. The molecular weight excluding hydrogens is 253 g/mol. The van der Waals surface area contributed by atoms with E-state index in [1.54, 1.807) is 16.9 Å². The SMILES string of the molecule is Cn1nccc1CCS(=O)c1cc(N)cc(F)c1. The number of halogens is 1. The average Bonchev–Trinajstić information content (AvgIpc) is 2.70. The van der Waals surface area contributed by atoms with Gasteiger partial charge < -0.3 is 5.73 Å². The summed E-state index contributed by atoms with van der Waals surface area (Å²) in [6, 6.07) is 5.89. The molecule has 1 atom stereocenters. The smallest absolute Gasteiger partial charge is 0.126 e. The van der Waals surface area contributed by atoms with Crippen LogP contribution in [0.5, 0.6) is 0 Å². The molecule has 96 valence electrons. The van der Waals surface area contributed by atoms with Gasteiger partial charge in [-0.2, -0.15) is 5.10 Å². The number of nitrogens with zero attached hydrogens (tertiary/aromatic N) is 2. The van der Waals surface area contributed by atoms with Crippen molar-refractivity contribution in [2.75, 3.05) is 11.5 Å². The molecule has 1 unspecified atom stereocenters. The molecule has 1 aromatic heterocycles. The molecule has 2 N–H and O–H groups in total. The Morgan fingerprint density at radius 1 is 1.44 bits per heavy atom. The summed E-state index contributed by atoms with van der Waals surface area (Å²) in [4.78, 5) is 0.426. The number of anilines is 1. The fourth-order valence-corrected chi connectivity index (χ4v) is 2.82. The van der Waals surface area contributed by atoms with Crippen LogP contribution in [0.1, 0.15) is 5.69 Å². The summed E-state index contributed by atoms with van der Waals surface area (Å²) in [6.07, 6.45) is 2.32. The van der Waals surface area contributed by atoms with E-state index in [1.807, 2.05) is 13.1 Å². The van der Waals surface area contributed by atoms with Gasteiger partial charge in [0.25, 0.3) is 0 Å². The number of aryl methyl sites for hydroxylation is 2. The molecule has 0 bridgehead atoms. The number of benzene rings is 1. The first-order chi connectivity index (χ1) is 8.56. The molecule has 0 aliphatic heterocycles. The third-order valence-corrected chi connectivity index (χ3v) is 3.96. The van der Waals surface area contributed by atoms with Crippen LogP contribution in [0.4, 0.5) is 10.1 Å². The van der Waals surface area contributed by atoms with Gasteiger partial charge in [0.05, 0.1) is 10.8 Å². The molecule has 6 heteroatoms. The lowest BCUT2D eigenvalue weighted by molar-refractivity contribution is 0.623. The molecule has 4 nitrogen and oxygen atoms in total. The zero-order valence-corrected chi connectivity index (χ0v) is 10.8. The number of hydrogen-bond acceptors (Lipinski definition) is 3. The second kappa shape index (κ2) is 5.30. The highest BCUT2D eigenvalue weighted by molar-refractivity contribution is 7.85. The highest BCUT2D eigenvalue weighted by atomic mass is 32.2.